The Kier molecular flexibility index (Phi) is 10.7. The van der Waals surface area contributed by atoms with Crippen LogP contribution in [0, 0.1) is 0 Å². The van der Waals surface area contributed by atoms with Gasteiger partial charge < -0.3 is 14.8 Å². The van der Waals surface area contributed by atoms with Gasteiger partial charge in [0.1, 0.15) is 23.9 Å². The lowest BCUT2D eigenvalue weighted by atomic mass is 9.92. The van der Waals surface area contributed by atoms with E-state index in [0.29, 0.717) is 12.8 Å². The number of rotatable bonds is 14. The lowest BCUT2D eigenvalue weighted by Crippen LogP contribution is -2.38. The van der Waals surface area contributed by atoms with Gasteiger partial charge in [0.05, 0.1) is 19.6 Å². The molecule has 0 heterocycles. The summed E-state index contributed by atoms with van der Waals surface area (Å²) in [7, 11) is 1.62. The van der Waals surface area contributed by atoms with Crippen LogP contribution < -0.4 is 10.1 Å². The summed E-state index contributed by atoms with van der Waals surface area (Å²) in [6.07, 6.45) is 1.40. The fourth-order valence-electron chi connectivity index (χ4n) is 3.52. The second-order valence-electron chi connectivity index (χ2n) is 8.41. The van der Waals surface area contributed by atoms with Gasteiger partial charge in [-0.2, -0.15) is 0 Å². The number of ether oxygens (including phenoxy) is 2. The Morgan fingerprint density at radius 2 is 1.62 bits per heavy atom. The minimum atomic E-state index is -0.452. The standard InChI is InChI=1S/C27H35NO6/c1-5-22(17-34-27(32)14-10-23(29)6-2)28-26(31)13-12-25(30)18(3)19-7-8-21-16-24(33-4)11-9-20(21)15-19/h7-9,11,15-16,18,22H,5-6,10,12-14,17H2,1-4H3,(H,28,31)/t18-,22?/m0/s1. The summed E-state index contributed by atoms with van der Waals surface area (Å²) in [5, 5.41) is 4.88. The Labute approximate surface area is 201 Å². The predicted octanol–water partition coefficient (Wildman–Crippen LogP) is 4.50. The van der Waals surface area contributed by atoms with Crippen LogP contribution in [0.4, 0.5) is 0 Å². The largest absolute Gasteiger partial charge is 0.497 e. The van der Waals surface area contributed by atoms with Crippen molar-refractivity contribution < 1.29 is 28.7 Å². The van der Waals surface area contributed by atoms with Crippen LogP contribution in [-0.4, -0.2) is 43.2 Å². The maximum atomic E-state index is 12.7. The molecule has 0 aliphatic heterocycles. The Morgan fingerprint density at radius 1 is 0.912 bits per heavy atom. The molecule has 2 rings (SSSR count). The Balaban J connectivity index is 1.81. The molecule has 0 saturated carbocycles. The molecule has 34 heavy (non-hydrogen) atoms. The van der Waals surface area contributed by atoms with Crippen LogP contribution in [0.1, 0.15) is 70.8 Å². The van der Waals surface area contributed by atoms with Crippen molar-refractivity contribution in [3.63, 3.8) is 0 Å². The minimum Gasteiger partial charge on any atom is -0.497 e. The van der Waals surface area contributed by atoms with E-state index >= 15 is 0 Å². The van der Waals surface area contributed by atoms with Crippen molar-refractivity contribution in [2.45, 2.75) is 71.3 Å². The van der Waals surface area contributed by atoms with Crippen LogP contribution in [0.3, 0.4) is 0 Å². The van der Waals surface area contributed by atoms with Gasteiger partial charge in [0.25, 0.3) is 0 Å². The number of hydrogen-bond acceptors (Lipinski definition) is 6. The van der Waals surface area contributed by atoms with E-state index in [4.69, 9.17) is 9.47 Å². The number of fused-ring (bicyclic) bond motifs is 1. The molecule has 2 atom stereocenters. The molecule has 0 aliphatic rings. The van der Waals surface area contributed by atoms with E-state index in [1.807, 2.05) is 50.2 Å². The maximum Gasteiger partial charge on any atom is 0.306 e. The number of nitrogens with one attached hydrogen (secondary N) is 1. The minimum absolute atomic E-state index is 0.0110. The summed E-state index contributed by atoms with van der Waals surface area (Å²) in [4.78, 5) is 48.1. The number of esters is 1. The molecule has 1 N–H and O–H groups in total. The third-order valence-corrected chi connectivity index (χ3v) is 5.96. The molecule has 184 valence electrons. The maximum absolute atomic E-state index is 12.7. The molecule has 0 saturated heterocycles. The van der Waals surface area contributed by atoms with Gasteiger partial charge in [0, 0.05) is 31.6 Å². The molecule has 0 aliphatic carbocycles. The van der Waals surface area contributed by atoms with Crippen LogP contribution in [0.25, 0.3) is 10.8 Å². The molecule has 0 fully saturated rings. The van der Waals surface area contributed by atoms with Gasteiger partial charge in [0.15, 0.2) is 0 Å². The van der Waals surface area contributed by atoms with Gasteiger partial charge in [0.2, 0.25) is 5.91 Å². The predicted molar refractivity (Wildman–Crippen MR) is 131 cm³/mol. The number of carbonyl (C=O) groups is 4. The zero-order valence-corrected chi connectivity index (χ0v) is 20.5. The second-order valence-corrected chi connectivity index (χ2v) is 8.41. The van der Waals surface area contributed by atoms with E-state index in [9.17, 15) is 19.2 Å². The van der Waals surface area contributed by atoms with E-state index < -0.39 is 5.97 Å². The van der Waals surface area contributed by atoms with Gasteiger partial charge in [-0.05, 0) is 34.9 Å². The highest BCUT2D eigenvalue weighted by atomic mass is 16.5. The normalized spacial score (nSPS) is 12.6. The van der Waals surface area contributed by atoms with Gasteiger partial charge in [-0.3, -0.25) is 19.2 Å². The van der Waals surface area contributed by atoms with Crippen LogP contribution >= 0.6 is 0 Å². The second kappa shape index (κ2) is 13.5. The molecular formula is C27H35NO6. The molecule has 0 bridgehead atoms. The van der Waals surface area contributed by atoms with Crippen molar-refractivity contribution >= 4 is 34.2 Å². The Bertz CT molecular complexity index is 1020. The van der Waals surface area contributed by atoms with Crippen LogP contribution in [0.2, 0.25) is 0 Å². The molecular weight excluding hydrogens is 434 g/mol. The van der Waals surface area contributed by atoms with Crippen molar-refractivity contribution in [2.24, 2.45) is 0 Å². The molecule has 0 spiro atoms. The summed E-state index contributed by atoms with van der Waals surface area (Å²) in [6.45, 7) is 5.53. The summed E-state index contributed by atoms with van der Waals surface area (Å²) in [5.41, 5.74) is 0.906. The number of carbonyl (C=O) groups excluding carboxylic acids is 4. The first-order chi connectivity index (χ1) is 16.3. The molecule has 2 aromatic carbocycles. The average Bonchev–Trinajstić information content (AvgIpc) is 2.86. The van der Waals surface area contributed by atoms with Crippen LogP contribution in [0.15, 0.2) is 36.4 Å². The van der Waals surface area contributed by atoms with Crippen molar-refractivity contribution in [2.75, 3.05) is 13.7 Å². The van der Waals surface area contributed by atoms with E-state index in [1.165, 1.54) is 0 Å². The molecule has 1 amide bonds. The van der Waals surface area contributed by atoms with Crippen molar-refractivity contribution in [3.8, 4) is 5.75 Å². The van der Waals surface area contributed by atoms with Crippen molar-refractivity contribution in [1.29, 1.82) is 0 Å². The Hall–Kier alpha value is -3.22. The quantitative estimate of drug-likeness (QED) is 0.409. The summed E-state index contributed by atoms with van der Waals surface area (Å²) < 4.78 is 10.4. The third-order valence-electron chi connectivity index (χ3n) is 5.96. The number of hydrogen-bond donors (Lipinski definition) is 1. The molecule has 7 nitrogen and oxygen atoms in total. The van der Waals surface area contributed by atoms with Crippen molar-refractivity contribution in [1.82, 2.24) is 5.32 Å². The number of benzene rings is 2. The first-order valence-corrected chi connectivity index (χ1v) is 11.8. The van der Waals surface area contributed by atoms with Crippen LogP contribution in [0.5, 0.6) is 5.75 Å². The Morgan fingerprint density at radius 3 is 2.29 bits per heavy atom. The number of ketones is 2. The lowest BCUT2D eigenvalue weighted by Gasteiger charge is -2.17. The number of Topliss-reactive ketones (excluding diaryl/α,β-unsaturated/α-hetero) is 2. The zero-order chi connectivity index (χ0) is 25.1. The molecule has 0 radical (unpaired) electrons. The van der Waals surface area contributed by atoms with Gasteiger partial charge in [-0.25, -0.2) is 0 Å². The zero-order valence-electron chi connectivity index (χ0n) is 20.5. The molecule has 7 heteroatoms. The molecule has 1 unspecified atom stereocenters. The fourth-order valence-corrected chi connectivity index (χ4v) is 3.52. The van der Waals surface area contributed by atoms with Crippen molar-refractivity contribution in [3.05, 3.63) is 42.0 Å². The highest BCUT2D eigenvalue weighted by Gasteiger charge is 2.19. The topological polar surface area (TPSA) is 98.8 Å². The summed E-state index contributed by atoms with van der Waals surface area (Å²) in [6, 6.07) is 11.4. The van der Waals surface area contributed by atoms with E-state index in [0.717, 1.165) is 22.1 Å². The highest BCUT2D eigenvalue weighted by Crippen LogP contribution is 2.26. The highest BCUT2D eigenvalue weighted by molar-refractivity contribution is 5.91. The number of methoxy groups -OCH3 is 1. The first kappa shape index (κ1) is 27.0. The van der Waals surface area contributed by atoms with Crippen LogP contribution in [-0.2, 0) is 23.9 Å². The van der Waals surface area contributed by atoms with E-state index in [1.54, 1.807) is 14.0 Å². The van der Waals surface area contributed by atoms with E-state index in [-0.39, 0.29) is 61.7 Å². The van der Waals surface area contributed by atoms with Gasteiger partial charge in [-0.15, -0.1) is 0 Å². The lowest BCUT2D eigenvalue weighted by molar-refractivity contribution is -0.146. The monoisotopic (exact) mass is 469 g/mol. The fraction of sp³-hybridized carbons (Fsp3) is 0.481. The third kappa shape index (κ3) is 8.28. The average molecular weight is 470 g/mol. The molecule has 2 aromatic rings. The first-order valence-electron chi connectivity index (χ1n) is 11.8. The van der Waals surface area contributed by atoms with Gasteiger partial charge >= 0.3 is 5.97 Å². The summed E-state index contributed by atoms with van der Waals surface area (Å²) in [5.74, 6) is -0.249. The summed E-state index contributed by atoms with van der Waals surface area (Å²) >= 11 is 0. The van der Waals surface area contributed by atoms with E-state index in [2.05, 4.69) is 5.32 Å². The van der Waals surface area contributed by atoms with Gasteiger partial charge in [-0.1, -0.05) is 45.0 Å². The SMILES string of the molecule is CCC(=O)CCC(=O)OCC(CC)NC(=O)CCC(=O)[C@@H](C)c1ccc2cc(OC)ccc2c1. The smallest absolute Gasteiger partial charge is 0.306 e. The molecule has 0 aromatic heterocycles. The number of amides is 1.